The van der Waals surface area contributed by atoms with Crippen molar-refractivity contribution >= 4 is 32.4 Å². The lowest BCUT2D eigenvalue weighted by Gasteiger charge is -2.27. The Labute approximate surface area is 164 Å². The zero-order chi connectivity index (χ0) is 20.1. The summed E-state index contributed by atoms with van der Waals surface area (Å²) < 4.78 is 28.8. The Bertz CT molecular complexity index is 1310. The van der Waals surface area contributed by atoms with Gasteiger partial charge in [-0.3, -0.25) is 19.5 Å². The van der Waals surface area contributed by atoms with Crippen LogP contribution in [0, 0.1) is 0 Å². The van der Waals surface area contributed by atoms with E-state index in [0.717, 1.165) is 6.26 Å². The fourth-order valence-electron chi connectivity index (χ4n) is 3.26. The highest BCUT2D eigenvalue weighted by atomic mass is 35.5. The van der Waals surface area contributed by atoms with Gasteiger partial charge in [0.1, 0.15) is 5.58 Å². The molecule has 1 aromatic carbocycles. The Kier molecular flexibility index (Phi) is 4.60. The van der Waals surface area contributed by atoms with Gasteiger partial charge in [0, 0.05) is 42.9 Å². The van der Waals surface area contributed by atoms with Crippen LogP contribution in [0.15, 0.2) is 43.6 Å². The topological polar surface area (TPSA) is 113 Å². The quantitative estimate of drug-likeness (QED) is 0.637. The standard InChI is InChI=1S/C18H16ClN3O5S/c1-28(25,26)18-20-14-4-5-22(8-13(14)17(24)21-18)7-10-9-27-15-3-2-11(19)6-12(15)16(10)23/h2-3,6,9H,4-5,7-8H2,1H3,(H,20,21,24). The summed E-state index contributed by atoms with van der Waals surface area (Å²) in [7, 11) is -3.60. The molecule has 1 N–H and O–H groups in total. The molecule has 3 aromatic rings. The first-order chi connectivity index (χ1) is 13.2. The summed E-state index contributed by atoms with van der Waals surface area (Å²) in [5, 5.41) is 0.527. The van der Waals surface area contributed by atoms with Crippen molar-refractivity contribution in [3.63, 3.8) is 0 Å². The van der Waals surface area contributed by atoms with Crippen LogP contribution in [-0.2, 0) is 29.3 Å². The summed E-state index contributed by atoms with van der Waals surface area (Å²) in [4.78, 5) is 33.4. The first kappa shape index (κ1) is 18.9. The Morgan fingerprint density at radius 1 is 1.32 bits per heavy atom. The van der Waals surface area contributed by atoms with Crippen molar-refractivity contribution in [2.75, 3.05) is 12.8 Å². The molecular weight excluding hydrogens is 406 g/mol. The van der Waals surface area contributed by atoms with E-state index >= 15 is 0 Å². The molecule has 0 aliphatic carbocycles. The van der Waals surface area contributed by atoms with E-state index in [2.05, 4.69) is 9.97 Å². The van der Waals surface area contributed by atoms with E-state index in [4.69, 9.17) is 16.0 Å². The maximum Gasteiger partial charge on any atom is 0.256 e. The highest BCUT2D eigenvalue weighted by Crippen LogP contribution is 2.20. The number of fused-ring (bicyclic) bond motifs is 2. The van der Waals surface area contributed by atoms with E-state index in [1.165, 1.54) is 6.26 Å². The number of nitrogens with zero attached hydrogens (tertiary/aromatic N) is 2. The molecule has 0 saturated heterocycles. The van der Waals surface area contributed by atoms with Crippen LogP contribution in [-0.4, -0.2) is 36.1 Å². The molecule has 0 fully saturated rings. The molecule has 0 unspecified atom stereocenters. The number of halogens is 1. The van der Waals surface area contributed by atoms with Crippen LogP contribution >= 0.6 is 11.6 Å². The van der Waals surface area contributed by atoms with Crippen LogP contribution in [0.2, 0.25) is 5.02 Å². The van der Waals surface area contributed by atoms with Gasteiger partial charge in [0.25, 0.3) is 5.56 Å². The zero-order valence-electron chi connectivity index (χ0n) is 14.9. The van der Waals surface area contributed by atoms with Gasteiger partial charge >= 0.3 is 0 Å². The Morgan fingerprint density at radius 3 is 2.86 bits per heavy atom. The maximum atomic E-state index is 12.7. The van der Waals surface area contributed by atoms with E-state index in [1.54, 1.807) is 18.2 Å². The van der Waals surface area contributed by atoms with Crippen molar-refractivity contribution in [3.05, 3.63) is 66.9 Å². The number of aromatic amines is 1. The van der Waals surface area contributed by atoms with Crippen molar-refractivity contribution in [2.45, 2.75) is 24.7 Å². The third kappa shape index (κ3) is 3.48. The molecule has 0 amide bonds. The predicted molar refractivity (Wildman–Crippen MR) is 103 cm³/mol. The SMILES string of the molecule is CS(=O)(=O)c1nc2c(c(=O)[nH]1)CN(Cc1coc3ccc(Cl)cc3c1=O)CC2. The van der Waals surface area contributed by atoms with Crippen molar-refractivity contribution < 1.29 is 12.8 Å². The van der Waals surface area contributed by atoms with Crippen LogP contribution in [0.1, 0.15) is 16.8 Å². The van der Waals surface area contributed by atoms with Gasteiger partial charge in [-0.1, -0.05) is 11.6 Å². The molecule has 1 aliphatic rings. The first-order valence-electron chi connectivity index (χ1n) is 8.47. The minimum absolute atomic E-state index is 0.172. The summed E-state index contributed by atoms with van der Waals surface area (Å²) in [5.41, 5.74) is 1.14. The van der Waals surface area contributed by atoms with Crippen molar-refractivity contribution in [3.8, 4) is 0 Å². The average molecular weight is 422 g/mol. The van der Waals surface area contributed by atoms with Gasteiger partial charge in [-0.25, -0.2) is 13.4 Å². The molecule has 10 heteroatoms. The van der Waals surface area contributed by atoms with E-state index < -0.39 is 15.4 Å². The van der Waals surface area contributed by atoms with E-state index in [9.17, 15) is 18.0 Å². The molecule has 0 bridgehead atoms. The molecule has 0 radical (unpaired) electrons. The van der Waals surface area contributed by atoms with Crippen LogP contribution in [0.3, 0.4) is 0 Å². The number of aromatic nitrogens is 2. The summed E-state index contributed by atoms with van der Waals surface area (Å²) >= 11 is 5.97. The first-order valence-corrected chi connectivity index (χ1v) is 10.7. The fraction of sp³-hybridized carbons (Fsp3) is 0.278. The highest BCUT2D eigenvalue weighted by Gasteiger charge is 2.24. The maximum absolute atomic E-state index is 12.7. The second-order valence-electron chi connectivity index (χ2n) is 6.76. The van der Waals surface area contributed by atoms with Crippen molar-refractivity contribution in [1.82, 2.24) is 14.9 Å². The second-order valence-corrected chi connectivity index (χ2v) is 9.13. The van der Waals surface area contributed by atoms with Crippen LogP contribution in [0.25, 0.3) is 11.0 Å². The number of sulfone groups is 1. The fourth-order valence-corrected chi connectivity index (χ4v) is 3.99. The number of hydrogen-bond acceptors (Lipinski definition) is 7. The van der Waals surface area contributed by atoms with Gasteiger partial charge in [0.05, 0.1) is 22.9 Å². The largest absolute Gasteiger partial charge is 0.464 e. The molecular formula is C18H16ClN3O5S. The normalized spacial score (nSPS) is 14.9. The summed E-state index contributed by atoms with van der Waals surface area (Å²) in [5.74, 6) is 0. The lowest BCUT2D eigenvalue weighted by Crippen LogP contribution is -2.37. The molecule has 0 atom stereocenters. The summed E-state index contributed by atoms with van der Waals surface area (Å²) in [6, 6.07) is 4.86. The number of benzene rings is 1. The van der Waals surface area contributed by atoms with Gasteiger partial charge in [-0.05, 0) is 18.2 Å². The lowest BCUT2D eigenvalue weighted by atomic mass is 10.1. The molecule has 28 heavy (non-hydrogen) atoms. The van der Waals surface area contributed by atoms with E-state index in [-0.39, 0.29) is 23.7 Å². The molecule has 0 spiro atoms. The van der Waals surface area contributed by atoms with E-state index in [0.29, 0.717) is 45.8 Å². The third-order valence-electron chi connectivity index (χ3n) is 4.68. The number of H-pyrrole nitrogens is 1. The smallest absolute Gasteiger partial charge is 0.256 e. The van der Waals surface area contributed by atoms with Gasteiger partial charge in [0.15, 0.2) is 5.43 Å². The number of rotatable bonds is 3. The molecule has 2 aromatic heterocycles. The molecule has 146 valence electrons. The van der Waals surface area contributed by atoms with E-state index in [1.807, 2.05) is 4.90 Å². The van der Waals surface area contributed by atoms with Crippen LogP contribution < -0.4 is 11.0 Å². The Hall–Kier alpha value is -2.49. The van der Waals surface area contributed by atoms with Crippen LogP contribution in [0.4, 0.5) is 0 Å². The van der Waals surface area contributed by atoms with Crippen molar-refractivity contribution in [1.29, 1.82) is 0 Å². The van der Waals surface area contributed by atoms with Crippen LogP contribution in [0.5, 0.6) is 0 Å². The highest BCUT2D eigenvalue weighted by molar-refractivity contribution is 7.90. The molecule has 3 heterocycles. The van der Waals surface area contributed by atoms with Crippen molar-refractivity contribution in [2.24, 2.45) is 0 Å². The Balaban J connectivity index is 1.64. The Morgan fingerprint density at radius 2 is 2.11 bits per heavy atom. The monoisotopic (exact) mass is 421 g/mol. The summed E-state index contributed by atoms with van der Waals surface area (Å²) in [6.07, 6.45) is 2.83. The minimum Gasteiger partial charge on any atom is -0.464 e. The molecule has 1 aliphatic heterocycles. The zero-order valence-corrected chi connectivity index (χ0v) is 16.4. The molecule has 0 saturated carbocycles. The van der Waals surface area contributed by atoms with Gasteiger partial charge in [-0.2, -0.15) is 0 Å². The third-order valence-corrected chi connectivity index (χ3v) is 5.81. The lowest BCUT2D eigenvalue weighted by molar-refractivity contribution is 0.238. The summed E-state index contributed by atoms with van der Waals surface area (Å²) in [6.45, 7) is 1.08. The van der Waals surface area contributed by atoms with Gasteiger partial charge < -0.3 is 4.42 Å². The predicted octanol–water partition coefficient (Wildman–Crippen LogP) is 1.49. The number of nitrogens with one attached hydrogen (secondary N) is 1. The molecule has 4 rings (SSSR count). The average Bonchev–Trinajstić information content (AvgIpc) is 2.64. The molecule has 8 nitrogen and oxygen atoms in total. The van der Waals surface area contributed by atoms with Gasteiger partial charge in [0.2, 0.25) is 15.0 Å². The number of hydrogen-bond donors (Lipinski definition) is 1. The minimum atomic E-state index is -3.60. The second kappa shape index (κ2) is 6.84. The van der Waals surface area contributed by atoms with Gasteiger partial charge in [-0.15, -0.1) is 0 Å².